The van der Waals surface area contributed by atoms with Gasteiger partial charge in [0.1, 0.15) is 23.0 Å². The van der Waals surface area contributed by atoms with Crippen LogP contribution >= 0.6 is 23.0 Å². The Morgan fingerprint density at radius 1 is 1.27 bits per heavy atom. The number of aliphatic hydroxyl groups excluding tert-OH is 1. The summed E-state index contributed by atoms with van der Waals surface area (Å²) in [7, 11) is 0. The van der Waals surface area contributed by atoms with E-state index in [1.807, 2.05) is 36.9 Å². The average molecular weight is 272 g/mol. The highest BCUT2D eigenvalue weighted by Gasteiger charge is 2.22. The summed E-state index contributed by atoms with van der Waals surface area (Å²) in [5.74, 6) is 0. The van der Waals surface area contributed by atoms with Crippen LogP contribution in [-0.2, 0) is 3.07 Å². The minimum atomic E-state index is -0.212. The topological polar surface area (TPSA) is 29.5 Å². The van der Waals surface area contributed by atoms with Gasteiger partial charge in [-0.15, -0.1) is 0 Å². The normalized spacial score (nSPS) is 30.5. The molecule has 0 amide bonds. The van der Waals surface area contributed by atoms with Crippen LogP contribution in [0.4, 0.5) is 0 Å². The molecule has 0 unspecified atom stereocenters. The van der Waals surface area contributed by atoms with E-state index in [1.54, 1.807) is 0 Å². The minimum absolute atomic E-state index is 0.0966. The third kappa shape index (κ3) is 4.28. The molecule has 1 fully saturated rings. The number of hydrogen-bond donors (Lipinski definition) is 1. The predicted molar refractivity (Wildman–Crippen MR) is 54.7 cm³/mol. The van der Waals surface area contributed by atoms with Crippen molar-refractivity contribution in [3.8, 4) is 0 Å². The standard InChI is InChI=1S/C6H11IO2.C2H6/c7-9-6-4-2-1-3-5(6)8;1-2/h5-6,8H,1-4H2;1-2H3/t5-,6+;/m0./s1. The zero-order chi connectivity index (χ0) is 8.69. The van der Waals surface area contributed by atoms with Gasteiger partial charge < -0.3 is 8.17 Å². The lowest BCUT2D eigenvalue weighted by atomic mass is 9.95. The summed E-state index contributed by atoms with van der Waals surface area (Å²) in [5, 5.41) is 9.24. The molecule has 1 saturated carbocycles. The maximum absolute atomic E-state index is 9.24. The van der Waals surface area contributed by atoms with Crippen LogP contribution in [0, 0.1) is 0 Å². The Kier molecular flexibility index (Phi) is 7.74. The molecule has 0 aromatic heterocycles. The summed E-state index contributed by atoms with van der Waals surface area (Å²) in [5.41, 5.74) is 0. The fraction of sp³-hybridized carbons (Fsp3) is 1.00. The molecule has 0 aromatic rings. The van der Waals surface area contributed by atoms with E-state index in [2.05, 4.69) is 0 Å². The molecular formula is C8H17IO2. The quantitative estimate of drug-likeness (QED) is 0.744. The fourth-order valence-corrected chi connectivity index (χ4v) is 1.77. The maximum Gasteiger partial charge on any atom is 0.110 e. The monoisotopic (exact) mass is 272 g/mol. The molecule has 1 rings (SSSR count). The molecule has 1 aliphatic carbocycles. The van der Waals surface area contributed by atoms with E-state index in [4.69, 9.17) is 3.07 Å². The van der Waals surface area contributed by atoms with Gasteiger partial charge in [0.2, 0.25) is 0 Å². The lowest BCUT2D eigenvalue weighted by molar-refractivity contribution is 0.0302. The van der Waals surface area contributed by atoms with Crippen molar-refractivity contribution in [2.45, 2.75) is 51.7 Å². The number of aliphatic hydroxyl groups is 1. The molecule has 0 saturated heterocycles. The van der Waals surface area contributed by atoms with Gasteiger partial charge in [-0.3, -0.25) is 0 Å². The van der Waals surface area contributed by atoms with Gasteiger partial charge in [-0.05, 0) is 12.8 Å². The molecule has 3 heteroatoms. The van der Waals surface area contributed by atoms with E-state index >= 15 is 0 Å². The van der Waals surface area contributed by atoms with Crippen molar-refractivity contribution in [1.29, 1.82) is 0 Å². The smallest absolute Gasteiger partial charge is 0.110 e. The zero-order valence-electron chi connectivity index (χ0n) is 7.22. The minimum Gasteiger partial charge on any atom is -0.390 e. The molecule has 0 aromatic carbocycles. The van der Waals surface area contributed by atoms with Gasteiger partial charge in [-0.25, -0.2) is 0 Å². The molecule has 0 aliphatic heterocycles. The highest BCUT2D eigenvalue weighted by molar-refractivity contribution is 14.1. The van der Waals surface area contributed by atoms with Gasteiger partial charge in [0.25, 0.3) is 0 Å². The molecule has 0 spiro atoms. The Labute approximate surface area is 83.0 Å². The van der Waals surface area contributed by atoms with Crippen molar-refractivity contribution < 1.29 is 8.17 Å². The van der Waals surface area contributed by atoms with Crippen LogP contribution in [0.25, 0.3) is 0 Å². The van der Waals surface area contributed by atoms with Gasteiger partial charge in [0, 0.05) is 0 Å². The Hall–Kier alpha value is 0.650. The van der Waals surface area contributed by atoms with Crippen LogP contribution in [0.3, 0.4) is 0 Å². The lowest BCUT2D eigenvalue weighted by Crippen LogP contribution is -2.29. The zero-order valence-corrected chi connectivity index (χ0v) is 9.37. The molecule has 11 heavy (non-hydrogen) atoms. The van der Waals surface area contributed by atoms with E-state index in [1.165, 1.54) is 6.42 Å². The Bertz CT molecular complexity index is 88.2. The third-order valence-electron chi connectivity index (χ3n) is 1.78. The summed E-state index contributed by atoms with van der Waals surface area (Å²) < 4.78 is 5.02. The largest absolute Gasteiger partial charge is 0.390 e. The van der Waals surface area contributed by atoms with Gasteiger partial charge >= 0.3 is 0 Å². The van der Waals surface area contributed by atoms with Gasteiger partial charge in [0.15, 0.2) is 0 Å². The first-order valence-electron chi connectivity index (χ1n) is 4.30. The van der Waals surface area contributed by atoms with Crippen molar-refractivity contribution >= 4 is 23.0 Å². The number of rotatable bonds is 1. The lowest BCUT2D eigenvalue weighted by Gasteiger charge is -2.24. The summed E-state index contributed by atoms with van der Waals surface area (Å²) in [6, 6.07) is 0. The van der Waals surface area contributed by atoms with Crippen molar-refractivity contribution in [2.24, 2.45) is 0 Å². The van der Waals surface area contributed by atoms with Gasteiger partial charge in [-0.1, -0.05) is 26.7 Å². The molecular weight excluding hydrogens is 255 g/mol. The van der Waals surface area contributed by atoms with Crippen LogP contribution in [0.1, 0.15) is 39.5 Å². The van der Waals surface area contributed by atoms with Crippen LogP contribution < -0.4 is 0 Å². The summed E-state index contributed by atoms with van der Waals surface area (Å²) in [6.07, 6.45) is 4.16. The van der Waals surface area contributed by atoms with E-state index in [-0.39, 0.29) is 12.2 Å². The van der Waals surface area contributed by atoms with Crippen LogP contribution in [0.15, 0.2) is 0 Å². The fourth-order valence-electron chi connectivity index (χ4n) is 1.18. The number of halogens is 1. The van der Waals surface area contributed by atoms with E-state index < -0.39 is 0 Å². The molecule has 0 heterocycles. The average Bonchev–Trinajstić information content (AvgIpc) is 2.09. The Balaban J connectivity index is 0.000000461. The summed E-state index contributed by atoms with van der Waals surface area (Å²) >= 11 is 1.86. The van der Waals surface area contributed by atoms with E-state index in [9.17, 15) is 5.11 Å². The SMILES string of the molecule is CC.O[C@H]1CCCC[C@H]1OI. The molecule has 2 atom stereocenters. The maximum atomic E-state index is 9.24. The Morgan fingerprint density at radius 2 is 1.82 bits per heavy atom. The molecule has 0 bridgehead atoms. The van der Waals surface area contributed by atoms with Crippen LogP contribution in [0.5, 0.6) is 0 Å². The van der Waals surface area contributed by atoms with E-state index in [0.29, 0.717) is 0 Å². The molecule has 2 nitrogen and oxygen atoms in total. The van der Waals surface area contributed by atoms with Crippen LogP contribution in [0.2, 0.25) is 0 Å². The highest BCUT2D eigenvalue weighted by atomic mass is 127. The van der Waals surface area contributed by atoms with Crippen molar-refractivity contribution in [1.82, 2.24) is 0 Å². The third-order valence-corrected chi connectivity index (χ3v) is 2.44. The van der Waals surface area contributed by atoms with Crippen LogP contribution in [-0.4, -0.2) is 17.3 Å². The second-order valence-corrected chi connectivity index (χ2v) is 2.99. The first-order valence-corrected chi connectivity index (χ1v) is 5.18. The molecule has 1 aliphatic rings. The second kappa shape index (κ2) is 7.31. The van der Waals surface area contributed by atoms with Crippen molar-refractivity contribution in [3.63, 3.8) is 0 Å². The second-order valence-electron chi connectivity index (χ2n) is 2.48. The first kappa shape index (κ1) is 11.6. The summed E-state index contributed by atoms with van der Waals surface area (Å²) in [4.78, 5) is 0. The number of hydrogen-bond acceptors (Lipinski definition) is 2. The van der Waals surface area contributed by atoms with Crippen molar-refractivity contribution in [3.05, 3.63) is 0 Å². The Morgan fingerprint density at radius 3 is 2.18 bits per heavy atom. The molecule has 1 N–H and O–H groups in total. The van der Waals surface area contributed by atoms with Gasteiger partial charge in [0.05, 0.1) is 12.2 Å². The van der Waals surface area contributed by atoms with E-state index in [0.717, 1.165) is 19.3 Å². The first-order chi connectivity index (χ1) is 5.34. The highest BCUT2D eigenvalue weighted by Crippen LogP contribution is 2.22. The molecule has 0 radical (unpaired) electrons. The predicted octanol–water partition coefficient (Wildman–Crippen LogP) is 2.68. The summed E-state index contributed by atoms with van der Waals surface area (Å²) in [6.45, 7) is 4.00. The van der Waals surface area contributed by atoms with Crippen molar-refractivity contribution in [2.75, 3.05) is 0 Å². The van der Waals surface area contributed by atoms with Gasteiger partial charge in [-0.2, -0.15) is 0 Å². The molecule has 68 valence electrons.